The SMILES string of the molecule is COC(=O)CCNC(=O)/C=C/c1c(C)nn(CC(C)C)c1Cl. The number of hydrogen-bond donors (Lipinski definition) is 1. The number of esters is 1. The lowest BCUT2D eigenvalue weighted by atomic mass is 10.2. The summed E-state index contributed by atoms with van der Waals surface area (Å²) in [5, 5.41) is 7.48. The lowest BCUT2D eigenvalue weighted by Crippen LogP contribution is -2.24. The Labute approximate surface area is 135 Å². The van der Waals surface area contributed by atoms with Crippen LogP contribution in [0, 0.1) is 12.8 Å². The Morgan fingerprint density at radius 2 is 2.14 bits per heavy atom. The smallest absolute Gasteiger partial charge is 0.307 e. The van der Waals surface area contributed by atoms with Crippen LogP contribution < -0.4 is 5.32 Å². The number of carbonyl (C=O) groups excluding carboxylic acids is 2. The number of halogens is 1. The third kappa shape index (κ3) is 5.52. The zero-order chi connectivity index (χ0) is 16.7. The van der Waals surface area contributed by atoms with E-state index in [0.29, 0.717) is 11.1 Å². The molecule has 0 unspecified atom stereocenters. The first-order chi connectivity index (χ1) is 10.3. The minimum Gasteiger partial charge on any atom is -0.469 e. The van der Waals surface area contributed by atoms with E-state index >= 15 is 0 Å². The van der Waals surface area contributed by atoms with Crippen LogP contribution in [0.25, 0.3) is 6.08 Å². The van der Waals surface area contributed by atoms with E-state index in [1.54, 1.807) is 10.8 Å². The van der Waals surface area contributed by atoms with Gasteiger partial charge in [-0.2, -0.15) is 5.10 Å². The Bertz CT molecular complexity index is 565. The summed E-state index contributed by atoms with van der Waals surface area (Å²) in [4.78, 5) is 22.6. The molecule has 0 saturated heterocycles. The highest BCUT2D eigenvalue weighted by atomic mass is 35.5. The van der Waals surface area contributed by atoms with Gasteiger partial charge in [0.1, 0.15) is 5.15 Å². The number of ether oxygens (including phenoxy) is 1. The van der Waals surface area contributed by atoms with Crippen molar-refractivity contribution in [1.29, 1.82) is 0 Å². The zero-order valence-corrected chi connectivity index (χ0v) is 14.1. The van der Waals surface area contributed by atoms with Crippen LogP contribution in [0.15, 0.2) is 6.08 Å². The van der Waals surface area contributed by atoms with E-state index in [9.17, 15) is 9.59 Å². The van der Waals surface area contributed by atoms with Crippen molar-refractivity contribution in [3.63, 3.8) is 0 Å². The third-order valence-corrected chi connectivity index (χ3v) is 3.30. The molecule has 0 aliphatic rings. The molecule has 1 amide bonds. The van der Waals surface area contributed by atoms with E-state index < -0.39 is 0 Å². The molecule has 0 fully saturated rings. The normalized spacial score (nSPS) is 11.2. The van der Waals surface area contributed by atoms with Gasteiger partial charge in [-0.1, -0.05) is 25.4 Å². The molecular weight excluding hydrogens is 306 g/mol. The van der Waals surface area contributed by atoms with Gasteiger partial charge in [-0.15, -0.1) is 0 Å². The summed E-state index contributed by atoms with van der Waals surface area (Å²) >= 11 is 6.28. The number of nitrogens with zero attached hydrogens (tertiary/aromatic N) is 2. The van der Waals surface area contributed by atoms with E-state index in [1.807, 2.05) is 6.92 Å². The van der Waals surface area contributed by atoms with Gasteiger partial charge in [-0.3, -0.25) is 14.3 Å². The first kappa shape index (κ1) is 18.2. The van der Waals surface area contributed by atoms with E-state index in [-0.39, 0.29) is 24.8 Å². The lowest BCUT2D eigenvalue weighted by molar-refractivity contribution is -0.140. The van der Waals surface area contributed by atoms with Gasteiger partial charge in [0, 0.05) is 24.7 Å². The first-order valence-electron chi connectivity index (χ1n) is 7.10. The van der Waals surface area contributed by atoms with Crippen molar-refractivity contribution >= 4 is 29.6 Å². The van der Waals surface area contributed by atoms with Crippen LogP contribution in [-0.4, -0.2) is 35.3 Å². The lowest BCUT2D eigenvalue weighted by Gasteiger charge is -2.05. The van der Waals surface area contributed by atoms with Gasteiger partial charge in [-0.25, -0.2) is 0 Å². The van der Waals surface area contributed by atoms with Crippen LogP contribution in [-0.2, 0) is 20.9 Å². The quantitative estimate of drug-likeness (QED) is 0.615. The topological polar surface area (TPSA) is 73.2 Å². The summed E-state index contributed by atoms with van der Waals surface area (Å²) in [6.07, 6.45) is 3.16. The van der Waals surface area contributed by atoms with Crippen molar-refractivity contribution in [2.24, 2.45) is 5.92 Å². The average Bonchev–Trinajstić information content (AvgIpc) is 2.70. The van der Waals surface area contributed by atoms with E-state index in [2.05, 4.69) is 29.0 Å². The maximum atomic E-state index is 11.7. The average molecular weight is 328 g/mol. The molecule has 1 rings (SSSR count). The molecule has 0 aromatic carbocycles. The van der Waals surface area contributed by atoms with Crippen LogP contribution >= 0.6 is 11.6 Å². The molecule has 1 heterocycles. The van der Waals surface area contributed by atoms with Crippen LogP contribution in [0.4, 0.5) is 0 Å². The molecule has 0 spiro atoms. The number of aromatic nitrogens is 2. The summed E-state index contributed by atoms with van der Waals surface area (Å²) in [7, 11) is 1.31. The minimum atomic E-state index is -0.363. The predicted octanol–water partition coefficient (Wildman–Crippen LogP) is 2.19. The molecule has 22 heavy (non-hydrogen) atoms. The van der Waals surface area contributed by atoms with E-state index in [4.69, 9.17) is 11.6 Å². The van der Waals surface area contributed by atoms with Crippen LogP contribution in [0.1, 0.15) is 31.5 Å². The van der Waals surface area contributed by atoms with E-state index in [0.717, 1.165) is 17.8 Å². The number of nitrogens with one attached hydrogen (secondary N) is 1. The molecule has 0 atom stereocenters. The van der Waals surface area contributed by atoms with Gasteiger partial charge >= 0.3 is 5.97 Å². The molecule has 1 aromatic rings. The molecule has 0 saturated carbocycles. The number of rotatable bonds is 7. The van der Waals surface area contributed by atoms with Crippen molar-refractivity contribution in [2.75, 3.05) is 13.7 Å². The summed E-state index contributed by atoms with van der Waals surface area (Å²) in [5.41, 5.74) is 1.50. The summed E-state index contributed by atoms with van der Waals surface area (Å²) in [5.74, 6) is -0.232. The predicted molar refractivity (Wildman–Crippen MR) is 85.5 cm³/mol. The molecule has 0 radical (unpaired) electrons. The fourth-order valence-corrected chi connectivity index (χ4v) is 2.14. The second-order valence-corrected chi connectivity index (χ2v) is 5.67. The summed E-state index contributed by atoms with van der Waals surface area (Å²) in [6, 6.07) is 0. The van der Waals surface area contributed by atoms with Gasteiger partial charge in [0.25, 0.3) is 0 Å². The van der Waals surface area contributed by atoms with Gasteiger partial charge < -0.3 is 10.1 Å². The second kappa shape index (κ2) is 8.58. The molecule has 6 nitrogen and oxygen atoms in total. The van der Waals surface area contributed by atoms with Crippen LogP contribution in [0.5, 0.6) is 0 Å². The van der Waals surface area contributed by atoms with Crippen LogP contribution in [0.3, 0.4) is 0 Å². The number of aryl methyl sites for hydroxylation is 1. The Balaban J connectivity index is 2.64. The van der Waals surface area contributed by atoms with E-state index in [1.165, 1.54) is 13.2 Å². The maximum Gasteiger partial charge on any atom is 0.307 e. The molecule has 0 aliphatic carbocycles. The molecule has 1 aromatic heterocycles. The number of methoxy groups -OCH3 is 1. The van der Waals surface area contributed by atoms with Crippen molar-refractivity contribution in [2.45, 2.75) is 33.7 Å². The zero-order valence-electron chi connectivity index (χ0n) is 13.4. The van der Waals surface area contributed by atoms with Gasteiger partial charge in [-0.05, 0) is 18.9 Å². The molecule has 0 aliphatic heterocycles. The Morgan fingerprint density at radius 1 is 1.45 bits per heavy atom. The molecule has 7 heteroatoms. The van der Waals surface area contributed by atoms with Gasteiger partial charge in [0.15, 0.2) is 0 Å². The number of hydrogen-bond acceptors (Lipinski definition) is 4. The van der Waals surface area contributed by atoms with Crippen molar-refractivity contribution in [1.82, 2.24) is 15.1 Å². The first-order valence-corrected chi connectivity index (χ1v) is 7.48. The van der Waals surface area contributed by atoms with Crippen molar-refractivity contribution in [3.05, 3.63) is 22.5 Å². The fraction of sp³-hybridized carbons (Fsp3) is 0.533. The van der Waals surface area contributed by atoms with Gasteiger partial charge in [0.05, 0.1) is 19.2 Å². The van der Waals surface area contributed by atoms with Gasteiger partial charge in [0.2, 0.25) is 5.91 Å². The summed E-state index contributed by atoms with van der Waals surface area (Å²) in [6.45, 7) is 6.96. The number of carbonyl (C=O) groups is 2. The highest BCUT2D eigenvalue weighted by Gasteiger charge is 2.12. The Morgan fingerprint density at radius 3 is 2.73 bits per heavy atom. The minimum absolute atomic E-state index is 0.141. The standard InChI is InChI=1S/C15H22ClN3O3/c1-10(2)9-19-15(16)12(11(3)18-19)5-6-13(20)17-8-7-14(21)22-4/h5-6,10H,7-9H2,1-4H3,(H,17,20)/b6-5+. The highest BCUT2D eigenvalue weighted by molar-refractivity contribution is 6.31. The van der Waals surface area contributed by atoms with Crippen molar-refractivity contribution in [3.8, 4) is 0 Å². The molecular formula is C15H22ClN3O3. The monoisotopic (exact) mass is 327 g/mol. The largest absolute Gasteiger partial charge is 0.469 e. The third-order valence-electron chi connectivity index (χ3n) is 2.90. The molecule has 122 valence electrons. The molecule has 1 N–H and O–H groups in total. The second-order valence-electron chi connectivity index (χ2n) is 5.32. The fourth-order valence-electron chi connectivity index (χ4n) is 1.83. The number of amides is 1. The van der Waals surface area contributed by atoms with Crippen LogP contribution in [0.2, 0.25) is 5.15 Å². The Hall–Kier alpha value is -1.82. The highest BCUT2D eigenvalue weighted by Crippen LogP contribution is 2.22. The Kier molecular flexibility index (Phi) is 7.11. The molecule has 0 bridgehead atoms. The van der Waals surface area contributed by atoms with Crippen molar-refractivity contribution < 1.29 is 14.3 Å². The maximum absolute atomic E-state index is 11.7. The summed E-state index contributed by atoms with van der Waals surface area (Å²) < 4.78 is 6.22.